The summed E-state index contributed by atoms with van der Waals surface area (Å²) in [4.78, 5) is 4.39. The van der Waals surface area contributed by atoms with Crippen LogP contribution in [-0.2, 0) is 6.42 Å². The molecule has 0 fully saturated rings. The van der Waals surface area contributed by atoms with Crippen LogP contribution >= 0.6 is 11.6 Å². The molecular weight excluding hydrogens is 287 g/mol. The molecule has 1 unspecified atom stereocenters. The molecule has 1 aromatic carbocycles. The highest BCUT2D eigenvalue weighted by molar-refractivity contribution is 6.31. The van der Waals surface area contributed by atoms with Gasteiger partial charge in [-0.05, 0) is 56.6 Å². The zero-order valence-electron chi connectivity index (χ0n) is 12.6. The molecule has 0 aliphatic heterocycles. The van der Waals surface area contributed by atoms with E-state index in [0.29, 0.717) is 17.0 Å². The minimum atomic E-state index is -0.257. The lowest BCUT2D eigenvalue weighted by molar-refractivity contribution is 0.527. The Kier molecular flexibility index (Phi) is 5.32. The number of aromatic nitrogens is 1. The average Bonchev–Trinajstić information content (AvgIpc) is 2.40. The van der Waals surface area contributed by atoms with Crippen molar-refractivity contribution in [2.75, 3.05) is 6.54 Å². The second-order valence-electron chi connectivity index (χ2n) is 5.20. The fourth-order valence-electron chi connectivity index (χ4n) is 2.55. The number of halogens is 2. The Balaban J connectivity index is 2.35. The number of hydrogen-bond donors (Lipinski definition) is 1. The number of pyridine rings is 1. The van der Waals surface area contributed by atoms with E-state index in [2.05, 4.69) is 10.3 Å². The van der Waals surface area contributed by atoms with Gasteiger partial charge in [-0.2, -0.15) is 0 Å². The lowest BCUT2D eigenvalue weighted by Crippen LogP contribution is -2.24. The van der Waals surface area contributed by atoms with E-state index in [1.54, 1.807) is 12.1 Å². The molecule has 1 aromatic heterocycles. The van der Waals surface area contributed by atoms with Crippen molar-refractivity contribution in [2.45, 2.75) is 33.2 Å². The van der Waals surface area contributed by atoms with Crippen molar-refractivity contribution >= 4 is 11.6 Å². The maximum absolute atomic E-state index is 14.0. The van der Waals surface area contributed by atoms with Crippen LogP contribution in [0.5, 0.6) is 0 Å². The summed E-state index contributed by atoms with van der Waals surface area (Å²) in [6.45, 7) is 6.78. The molecule has 0 aliphatic carbocycles. The van der Waals surface area contributed by atoms with Gasteiger partial charge in [0.15, 0.2) is 0 Å². The van der Waals surface area contributed by atoms with Gasteiger partial charge in [0.2, 0.25) is 0 Å². The van der Waals surface area contributed by atoms with E-state index in [1.807, 2.05) is 32.9 Å². The lowest BCUT2D eigenvalue weighted by Gasteiger charge is -2.20. The molecule has 0 amide bonds. The van der Waals surface area contributed by atoms with Gasteiger partial charge in [-0.3, -0.25) is 4.98 Å². The molecule has 0 radical (unpaired) electrons. The first-order valence-electron chi connectivity index (χ1n) is 7.12. The monoisotopic (exact) mass is 306 g/mol. The second-order valence-corrected chi connectivity index (χ2v) is 5.61. The van der Waals surface area contributed by atoms with E-state index < -0.39 is 0 Å². The number of nitrogens with zero attached hydrogens (tertiary/aromatic N) is 1. The average molecular weight is 307 g/mol. The number of rotatable bonds is 5. The molecule has 112 valence electrons. The van der Waals surface area contributed by atoms with Crippen molar-refractivity contribution in [3.63, 3.8) is 0 Å². The predicted molar refractivity (Wildman–Crippen MR) is 85.2 cm³/mol. The number of nitrogens with one attached hydrogen (secondary N) is 1. The fraction of sp³-hybridized carbons (Fsp3) is 0.353. The normalized spacial score (nSPS) is 12.4. The van der Waals surface area contributed by atoms with E-state index in [-0.39, 0.29) is 11.9 Å². The largest absolute Gasteiger partial charge is 0.310 e. The predicted octanol–water partition coefficient (Wildman–Crippen LogP) is 4.38. The number of benzene rings is 1. The lowest BCUT2D eigenvalue weighted by atomic mass is 9.98. The minimum absolute atomic E-state index is 0.0183. The standard InChI is InChI=1S/C17H20ClFN2/c1-4-20-17(13-8-11(2)21-12(3)9-13)10-14-15(18)6-5-7-16(14)19/h5-9,17,20H,4,10H2,1-3H3. The summed E-state index contributed by atoms with van der Waals surface area (Å²) < 4.78 is 14.0. The van der Waals surface area contributed by atoms with E-state index in [1.165, 1.54) is 6.07 Å². The highest BCUT2D eigenvalue weighted by Crippen LogP contribution is 2.26. The highest BCUT2D eigenvalue weighted by atomic mass is 35.5. The van der Waals surface area contributed by atoms with Crippen molar-refractivity contribution in [3.8, 4) is 0 Å². The van der Waals surface area contributed by atoms with Crippen molar-refractivity contribution in [3.05, 3.63) is 63.7 Å². The Morgan fingerprint density at radius 1 is 1.24 bits per heavy atom. The van der Waals surface area contributed by atoms with E-state index >= 15 is 0 Å². The Morgan fingerprint density at radius 2 is 1.90 bits per heavy atom. The maximum atomic E-state index is 14.0. The molecule has 2 aromatic rings. The van der Waals surface area contributed by atoms with Crippen LogP contribution in [0, 0.1) is 19.7 Å². The fourth-order valence-corrected chi connectivity index (χ4v) is 2.79. The third-order valence-electron chi connectivity index (χ3n) is 3.43. The van der Waals surface area contributed by atoms with Crippen LogP contribution in [0.4, 0.5) is 4.39 Å². The van der Waals surface area contributed by atoms with Crippen LogP contribution in [0.25, 0.3) is 0 Å². The van der Waals surface area contributed by atoms with E-state index in [9.17, 15) is 4.39 Å². The van der Waals surface area contributed by atoms with Crippen LogP contribution in [0.15, 0.2) is 30.3 Å². The maximum Gasteiger partial charge on any atom is 0.127 e. The Morgan fingerprint density at radius 3 is 2.48 bits per heavy atom. The third kappa shape index (κ3) is 4.02. The van der Waals surface area contributed by atoms with Crippen LogP contribution in [0.1, 0.15) is 35.5 Å². The molecule has 1 heterocycles. The second kappa shape index (κ2) is 7.01. The third-order valence-corrected chi connectivity index (χ3v) is 3.78. The SMILES string of the molecule is CCNC(Cc1c(F)cccc1Cl)c1cc(C)nc(C)c1. The Bertz CT molecular complexity index is 588. The van der Waals surface area contributed by atoms with Crippen LogP contribution in [0.2, 0.25) is 5.02 Å². The first-order valence-corrected chi connectivity index (χ1v) is 7.50. The molecule has 1 N–H and O–H groups in total. The molecule has 2 nitrogen and oxygen atoms in total. The zero-order chi connectivity index (χ0) is 15.4. The molecule has 21 heavy (non-hydrogen) atoms. The van der Waals surface area contributed by atoms with Gasteiger partial charge in [-0.15, -0.1) is 0 Å². The summed E-state index contributed by atoms with van der Waals surface area (Å²) in [5, 5.41) is 3.88. The summed E-state index contributed by atoms with van der Waals surface area (Å²) in [6, 6.07) is 8.90. The first-order chi connectivity index (χ1) is 10.0. The molecular formula is C17H20ClFN2. The van der Waals surface area contributed by atoms with Gasteiger partial charge in [-0.1, -0.05) is 24.6 Å². The summed E-state index contributed by atoms with van der Waals surface area (Å²) in [6.07, 6.45) is 0.516. The van der Waals surface area contributed by atoms with Crippen LogP contribution < -0.4 is 5.32 Å². The quantitative estimate of drug-likeness (QED) is 0.886. The van der Waals surface area contributed by atoms with Gasteiger partial charge >= 0.3 is 0 Å². The van der Waals surface area contributed by atoms with Crippen LogP contribution in [0.3, 0.4) is 0 Å². The topological polar surface area (TPSA) is 24.9 Å². The highest BCUT2D eigenvalue weighted by Gasteiger charge is 2.16. The van der Waals surface area contributed by atoms with Gasteiger partial charge in [0.1, 0.15) is 5.82 Å². The summed E-state index contributed by atoms with van der Waals surface area (Å²) in [7, 11) is 0. The zero-order valence-corrected chi connectivity index (χ0v) is 13.3. The van der Waals surface area contributed by atoms with Crippen LogP contribution in [-0.4, -0.2) is 11.5 Å². The number of hydrogen-bond acceptors (Lipinski definition) is 2. The number of aryl methyl sites for hydroxylation is 2. The van der Waals surface area contributed by atoms with Crippen molar-refractivity contribution in [2.24, 2.45) is 0 Å². The first kappa shape index (κ1) is 15.9. The van der Waals surface area contributed by atoms with Crippen molar-refractivity contribution < 1.29 is 4.39 Å². The van der Waals surface area contributed by atoms with E-state index in [0.717, 1.165) is 23.5 Å². The minimum Gasteiger partial charge on any atom is -0.310 e. The van der Waals surface area contributed by atoms with E-state index in [4.69, 9.17) is 11.6 Å². The van der Waals surface area contributed by atoms with Crippen molar-refractivity contribution in [1.82, 2.24) is 10.3 Å². The molecule has 1 atom stereocenters. The smallest absolute Gasteiger partial charge is 0.127 e. The van der Waals surface area contributed by atoms with Gasteiger partial charge in [0.25, 0.3) is 0 Å². The Hall–Kier alpha value is -1.45. The molecule has 0 bridgehead atoms. The molecule has 0 spiro atoms. The molecule has 0 saturated carbocycles. The van der Waals surface area contributed by atoms with Gasteiger partial charge < -0.3 is 5.32 Å². The Labute approximate surface area is 130 Å². The number of likely N-dealkylation sites (N-methyl/N-ethyl adjacent to an activating group) is 1. The van der Waals surface area contributed by atoms with Crippen molar-refractivity contribution in [1.29, 1.82) is 0 Å². The molecule has 0 aliphatic rings. The molecule has 0 saturated heterocycles. The summed E-state index contributed by atoms with van der Waals surface area (Å²) in [5.74, 6) is -0.257. The summed E-state index contributed by atoms with van der Waals surface area (Å²) in [5.41, 5.74) is 3.60. The molecule has 4 heteroatoms. The van der Waals surface area contributed by atoms with Gasteiger partial charge in [-0.25, -0.2) is 4.39 Å². The summed E-state index contributed by atoms with van der Waals surface area (Å²) >= 11 is 6.14. The molecule has 2 rings (SSSR count). The van der Waals surface area contributed by atoms with Gasteiger partial charge in [0, 0.05) is 28.0 Å². The van der Waals surface area contributed by atoms with Gasteiger partial charge in [0.05, 0.1) is 0 Å².